The predicted molar refractivity (Wildman–Crippen MR) is 109 cm³/mol. The van der Waals surface area contributed by atoms with Gasteiger partial charge in [0.1, 0.15) is 0 Å². The molecule has 0 atom stereocenters. The highest BCUT2D eigenvalue weighted by atomic mass is 32.2. The maximum absolute atomic E-state index is 12.5. The molecule has 0 bridgehead atoms. The van der Waals surface area contributed by atoms with Crippen molar-refractivity contribution in [1.29, 1.82) is 0 Å². The Morgan fingerprint density at radius 3 is 2.14 bits per heavy atom. The summed E-state index contributed by atoms with van der Waals surface area (Å²) >= 11 is 0. The van der Waals surface area contributed by atoms with Crippen LogP contribution in [0.25, 0.3) is 0 Å². The van der Waals surface area contributed by atoms with E-state index in [1.165, 1.54) is 24.3 Å². The summed E-state index contributed by atoms with van der Waals surface area (Å²) in [6.45, 7) is 7.18. The van der Waals surface area contributed by atoms with Gasteiger partial charge in [0.25, 0.3) is 15.9 Å². The number of carbonyl (C=O) groups excluding carboxylic acids is 2. The molecule has 0 spiro atoms. The van der Waals surface area contributed by atoms with Gasteiger partial charge in [-0.1, -0.05) is 18.2 Å². The highest BCUT2D eigenvalue weighted by Crippen LogP contribution is 2.19. The number of anilines is 1. The lowest BCUT2D eigenvalue weighted by Gasteiger charge is -2.20. The third-order valence-corrected chi connectivity index (χ3v) is 5.12. The van der Waals surface area contributed by atoms with Crippen LogP contribution < -0.4 is 15.4 Å². The average molecular weight is 404 g/mol. The number of rotatable bonds is 6. The van der Waals surface area contributed by atoms with Crippen LogP contribution in [0.15, 0.2) is 53.4 Å². The van der Waals surface area contributed by atoms with Crippen LogP contribution in [-0.4, -0.2) is 32.3 Å². The molecule has 0 radical (unpaired) electrons. The summed E-state index contributed by atoms with van der Waals surface area (Å²) in [6, 6.07) is 12.6. The molecular formula is C20H25N3O4S. The molecule has 8 heteroatoms. The van der Waals surface area contributed by atoms with Crippen molar-refractivity contribution in [2.45, 2.75) is 38.1 Å². The highest BCUT2D eigenvalue weighted by molar-refractivity contribution is 7.92. The molecule has 2 aromatic carbocycles. The van der Waals surface area contributed by atoms with Crippen LogP contribution in [0.4, 0.5) is 5.69 Å². The Bertz CT molecular complexity index is 962. The minimum Gasteiger partial charge on any atom is -0.350 e. The number of nitrogens with one attached hydrogen (secondary N) is 3. The average Bonchev–Trinajstić information content (AvgIpc) is 2.60. The lowest BCUT2D eigenvalue weighted by Crippen LogP contribution is -2.45. The van der Waals surface area contributed by atoms with Gasteiger partial charge in [0.2, 0.25) is 5.91 Å². The molecule has 0 aliphatic heterocycles. The number of para-hydroxylation sites is 1. The van der Waals surface area contributed by atoms with E-state index in [0.29, 0.717) is 5.69 Å². The van der Waals surface area contributed by atoms with Crippen molar-refractivity contribution in [2.24, 2.45) is 0 Å². The fourth-order valence-electron chi connectivity index (χ4n) is 2.40. The zero-order valence-corrected chi connectivity index (χ0v) is 17.2. The van der Waals surface area contributed by atoms with Crippen molar-refractivity contribution in [3.8, 4) is 0 Å². The molecule has 3 N–H and O–H groups in total. The first-order valence-electron chi connectivity index (χ1n) is 8.76. The van der Waals surface area contributed by atoms with Gasteiger partial charge in [-0.3, -0.25) is 14.3 Å². The number of hydrogen-bond donors (Lipinski definition) is 3. The molecule has 0 aliphatic rings. The van der Waals surface area contributed by atoms with Crippen LogP contribution in [0, 0.1) is 6.92 Å². The molecule has 2 amide bonds. The number of aryl methyl sites for hydroxylation is 1. The van der Waals surface area contributed by atoms with Crippen molar-refractivity contribution < 1.29 is 18.0 Å². The molecule has 0 saturated carbocycles. The van der Waals surface area contributed by atoms with Crippen LogP contribution in [0.5, 0.6) is 0 Å². The van der Waals surface area contributed by atoms with Crippen LogP contribution in [0.3, 0.4) is 0 Å². The fraction of sp³-hybridized carbons (Fsp3) is 0.300. The first-order valence-corrected chi connectivity index (χ1v) is 10.2. The third kappa shape index (κ3) is 6.09. The van der Waals surface area contributed by atoms with Crippen LogP contribution in [-0.2, 0) is 14.8 Å². The molecule has 2 aromatic rings. The second kappa shape index (κ2) is 8.43. The summed E-state index contributed by atoms with van der Waals surface area (Å²) in [5, 5.41) is 5.25. The Morgan fingerprint density at radius 1 is 0.964 bits per heavy atom. The summed E-state index contributed by atoms with van der Waals surface area (Å²) in [5.41, 5.74) is 1.17. The van der Waals surface area contributed by atoms with E-state index in [1.807, 2.05) is 26.8 Å². The second-order valence-corrected chi connectivity index (χ2v) is 9.11. The number of benzene rings is 2. The van der Waals surface area contributed by atoms with E-state index in [0.717, 1.165) is 5.56 Å². The molecule has 0 saturated heterocycles. The molecular weight excluding hydrogens is 378 g/mol. The Hall–Kier alpha value is -2.87. The molecule has 0 unspecified atom stereocenters. The van der Waals surface area contributed by atoms with E-state index in [4.69, 9.17) is 0 Å². The van der Waals surface area contributed by atoms with E-state index < -0.39 is 15.9 Å². The molecule has 0 fully saturated rings. The highest BCUT2D eigenvalue weighted by Gasteiger charge is 2.17. The van der Waals surface area contributed by atoms with E-state index in [9.17, 15) is 18.0 Å². The number of carbonyl (C=O) groups is 2. The predicted octanol–water partition coefficient (Wildman–Crippen LogP) is 2.44. The van der Waals surface area contributed by atoms with E-state index in [1.54, 1.807) is 25.1 Å². The Morgan fingerprint density at radius 2 is 1.57 bits per heavy atom. The fourth-order valence-corrected chi connectivity index (χ4v) is 3.53. The topological polar surface area (TPSA) is 104 Å². The van der Waals surface area contributed by atoms with Gasteiger partial charge in [0.15, 0.2) is 0 Å². The Kier molecular flexibility index (Phi) is 6.45. The van der Waals surface area contributed by atoms with E-state index >= 15 is 0 Å². The minimum atomic E-state index is -3.77. The summed E-state index contributed by atoms with van der Waals surface area (Å²) in [4.78, 5) is 24.0. The van der Waals surface area contributed by atoms with Crippen molar-refractivity contribution in [3.63, 3.8) is 0 Å². The number of amides is 2. The van der Waals surface area contributed by atoms with E-state index in [-0.39, 0.29) is 28.4 Å². The summed E-state index contributed by atoms with van der Waals surface area (Å²) in [5.74, 6) is -0.762. The van der Waals surface area contributed by atoms with E-state index in [2.05, 4.69) is 15.4 Å². The molecule has 0 aliphatic carbocycles. The van der Waals surface area contributed by atoms with Crippen molar-refractivity contribution >= 4 is 27.5 Å². The number of sulfonamides is 1. The monoisotopic (exact) mass is 403 g/mol. The Labute approximate surface area is 165 Å². The lowest BCUT2D eigenvalue weighted by atomic mass is 10.1. The Balaban J connectivity index is 2.03. The molecule has 150 valence electrons. The largest absolute Gasteiger partial charge is 0.350 e. The van der Waals surface area contributed by atoms with Crippen molar-refractivity contribution in [3.05, 3.63) is 59.7 Å². The number of hydrogen-bond acceptors (Lipinski definition) is 4. The standard InChI is InChI=1S/C20H25N3O4S/c1-14-7-5-6-8-17(14)23-28(26,27)16-11-9-15(10-12-16)19(25)21-13-18(24)22-20(2,3)4/h5-12,23H,13H2,1-4H3,(H,21,25)(H,22,24). The molecule has 2 rings (SSSR count). The van der Waals surface area contributed by atoms with Gasteiger partial charge in [-0.2, -0.15) is 0 Å². The SMILES string of the molecule is Cc1ccccc1NS(=O)(=O)c1ccc(C(=O)NCC(=O)NC(C)(C)C)cc1. The van der Waals surface area contributed by atoms with Crippen LogP contribution >= 0.6 is 0 Å². The first kappa shape index (κ1) is 21.4. The van der Waals surface area contributed by atoms with Gasteiger partial charge in [-0.05, 0) is 63.6 Å². The maximum atomic E-state index is 12.5. The summed E-state index contributed by atoms with van der Waals surface area (Å²) < 4.78 is 27.6. The smallest absolute Gasteiger partial charge is 0.261 e. The van der Waals surface area contributed by atoms with Crippen LogP contribution in [0.2, 0.25) is 0 Å². The minimum absolute atomic E-state index is 0.0396. The molecule has 0 aromatic heterocycles. The third-order valence-electron chi connectivity index (χ3n) is 3.74. The van der Waals surface area contributed by atoms with Gasteiger partial charge < -0.3 is 10.6 Å². The van der Waals surface area contributed by atoms with Gasteiger partial charge in [0, 0.05) is 11.1 Å². The van der Waals surface area contributed by atoms with Crippen molar-refractivity contribution in [1.82, 2.24) is 10.6 Å². The van der Waals surface area contributed by atoms with Gasteiger partial charge in [0.05, 0.1) is 17.1 Å². The molecule has 28 heavy (non-hydrogen) atoms. The summed E-state index contributed by atoms with van der Waals surface area (Å²) in [6.07, 6.45) is 0. The van der Waals surface area contributed by atoms with Crippen molar-refractivity contribution in [2.75, 3.05) is 11.3 Å². The van der Waals surface area contributed by atoms with Crippen LogP contribution in [0.1, 0.15) is 36.7 Å². The first-order chi connectivity index (χ1) is 13.0. The maximum Gasteiger partial charge on any atom is 0.261 e. The molecule has 7 nitrogen and oxygen atoms in total. The second-order valence-electron chi connectivity index (χ2n) is 7.43. The zero-order valence-electron chi connectivity index (χ0n) is 16.4. The lowest BCUT2D eigenvalue weighted by molar-refractivity contribution is -0.121. The summed E-state index contributed by atoms with van der Waals surface area (Å²) in [7, 11) is -3.77. The van der Waals surface area contributed by atoms with Gasteiger partial charge in [-0.25, -0.2) is 8.42 Å². The normalized spacial score (nSPS) is 11.6. The molecule has 0 heterocycles. The van der Waals surface area contributed by atoms with Gasteiger partial charge in [-0.15, -0.1) is 0 Å². The van der Waals surface area contributed by atoms with Gasteiger partial charge >= 0.3 is 0 Å². The quantitative estimate of drug-likeness (QED) is 0.689. The zero-order chi connectivity index (χ0) is 20.9.